The minimum atomic E-state index is -0.977. The number of aliphatic hydroxyl groups is 1. The third-order valence-corrected chi connectivity index (χ3v) is 5.48. The van der Waals surface area contributed by atoms with Gasteiger partial charge in [0, 0.05) is 16.7 Å². The van der Waals surface area contributed by atoms with Gasteiger partial charge in [0.1, 0.15) is 11.5 Å². The third kappa shape index (κ3) is 4.05. The number of aliphatic hydroxyl groups excluding tert-OH is 1. The molecule has 1 aliphatic heterocycles. The van der Waals surface area contributed by atoms with E-state index in [1.54, 1.807) is 55.5 Å². The highest BCUT2D eigenvalue weighted by molar-refractivity contribution is 6.51. The molecule has 1 saturated heterocycles. The predicted octanol–water partition coefficient (Wildman–Crippen LogP) is 4.67. The molecule has 0 radical (unpaired) electrons. The third-order valence-electron chi connectivity index (χ3n) is 5.23. The van der Waals surface area contributed by atoms with E-state index in [9.17, 15) is 14.7 Å². The summed E-state index contributed by atoms with van der Waals surface area (Å²) in [5.74, 6) is -0.461. The van der Waals surface area contributed by atoms with Gasteiger partial charge in [-0.15, -0.1) is 0 Å². The molecule has 0 bridgehead atoms. The topological polar surface area (TPSA) is 102 Å². The Morgan fingerprint density at radius 2 is 1.88 bits per heavy atom. The monoisotopic (exact) mass is 468 g/mol. The van der Waals surface area contributed by atoms with Gasteiger partial charge in [-0.05, 0) is 55.8 Å². The summed E-state index contributed by atoms with van der Waals surface area (Å²) in [4.78, 5) is 27.4. The van der Waals surface area contributed by atoms with E-state index in [4.69, 9.17) is 25.6 Å². The van der Waals surface area contributed by atoms with Crippen LogP contribution in [0.1, 0.15) is 29.9 Å². The van der Waals surface area contributed by atoms with E-state index in [-0.39, 0.29) is 17.2 Å². The maximum Gasteiger partial charge on any atom is 0.301 e. The first kappa shape index (κ1) is 22.4. The minimum absolute atomic E-state index is 0.0887. The number of hydrogen-bond donors (Lipinski definition) is 1. The van der Waals surface area contributed by atoms with Crippen LogP contribution in [0, 0.1) is 6.92 Å². The first-order valence-electron chi connectivity index (χ1n) is 10.2. The molecule has 8 nitrogen and oxygen atoms in total. The molecule has 1 aromatic heterocycles. The number of rotatable bonds is 6. The van der Waals surface area contributed by atoms with E-state index in [0.29, 0.717) is 40.0 Å². The van der Waals surface area contributed by atoms with Crippen molar-refractivity contribution in [1.82, 2.24) is 5.16 Å². The van der Waals surface area contributed by atoms with Crippen molar-refractivity contribution in [2.75, 3.05) is 18.6 Å². The van der Waals surface area contributed by atoms with Gasteiger partial charge in [0.25, 0.3) is 5.78 Å². The lowest BCUT2D eigenvalue weighted by Crippen LogP contribution is -2.29. The zero-order chi connectivity index (χ0) is 23.7. The lowest BCUT2D eigenvalue weighted by atomic mass is 9.95. The van der Waals surface area contributed by atoms with Gasteiger partial charge in [-0.3, -0.25) is 14.5 Å². The number of carbonyl (C=O) groups excluding carboxylic acids is 2. The second-order valence-electron chi connectivity index (χ2n) is 7.32. The van der Waals surface area contributed by atoms with Crippen molar-refractivity contribution in [3.8, 4) is 11.5 Å². The van der Waals surface area contributed by atoms with E-state index in [1.807, 2.05) is 6.92 Å². The fourth-order valence-corrected chi connectivity index (χ4v) is 3.87. The molecule has 1 aliphatic rings. The zero-order valence-electron chi connectivity index (χ0n) is 18.2. The molecule has 3 aromatic rings. The van der Waals surface area contributed by atoms with Gasteiger partial charge in [0.2, 0.25) is 0 Å². The molecule has 1 fully saturated rings. The van der Waals surface area contributed by atoms with Crippen LogP contribution in [0.15, 0.2) is 58.6 Å². The van der Waals surface area contributed by atoms with Gasteiger partial charge in [0.15, 0.2) is 17.3 Å². The molecule has 1 unspecified atom stereocenters. The Morgan fingerprint density at radius 1 is 1.15 bits per heavy atom. The predicted molar refractivity (Wildman–Crippen MR) is 122 cm³/mol. The second-order valence-corrected chi connectivity index (χ2v) is 7.75. The second kappa shape index (κ2) is 8.99. The number of anilines is 1. The maximum absolute atomic E-state index is 13.1. The highest BCUT2D eigenvalue weighted by atomic mass is 35.5. The Kier molecular flexibility index (Phi) is 6.11. The molecule has 4 rings (SSSR count). The highest BCUT2D eigenvalue weighted by Crippen LogP contribution is 2.44. The van der Waals surface area contributed by atoms with Gasteiger partial charge in [0.05, 0.1) is 25.3 Å². The molecule has 0 aliphatic carbocycles. The fraction of sp³-hybridized carbons (Fsp3) is 0.208. The van der Waals surface area contributed by atoms with Gasteiger partial charge >= 0.3 is 5.91 Å². The standard InChI is InChI=1S/C24H21ClN2O6/c1-4-32-17-10-7-15(12-18(17)31-3)21-20(22(28)14-5-8-16(25)9-6-14)23(29)24(30)27(21)19-11-13(2)33-26-19/h5-12,21,28H,4H2,1-3H3. The largest absolute Gasteiger partial charge is 0.507 e. The lowest BCUT2D eigenvalue weighted by Gasteiger charge is -2.23. The average Bonchev–Trinajstić information content (AvgIpc) is 3.35. The van der Waals surface area contributed by atoms with E-state index in [2.05, 4.69) is 5.16 Å². The number of aromatic nitrogens is 1. The van der Waals surface area contributed by atoms with Crippen molar-refractivity contribution in [3.05, 3.63) is 76.0 Å². The molecule has 1 N–H and O–H groups in total. The first-order chi connectivity index (χ1) is 15.8. The highest BCUT2D eigenvalue weighted by Gasteiger charge is 2.48. The zero-order valence-corrected chi connectivity index (χ0v) is 18.9. The van der Waals surface area contributed by atoms with Crippen LogP contribution < -0.4 is 14.4 Å². The molecular weight excluding hydrogens is 448 g/mol. The summed E-state index contributed by atoms with van der Waals surface area (Å²) in [6.45, 7) is 3.96. The van der Waals surface area contributed by atoms with Crippen LogP contribution in [-0.4, -0.2) is 35.7 Å². The Morgan fingerprint density at radius 3 is 2.48 bits per heavy atom. The van der Waals surface area contributed by atoms with E-state index >= 15 is 0 Å². The number of nitrogens with zero attached hydrogens (tertiary/aromatic N) is 2. The molecule has 0 spiro atoms. The SMILES string of the molecule is CCOc1ccc(C2C(=C(O)c3ccc(Cl)cc3)C(=O)C(=O)N2c2cc(C)on2)cc1OC. The van der Waals surface area contributed by atoms with Crippen LogP contribution >= 0.6 is 11.6 Å². The number of benzene rings is 2. The first-order valence-corrected chi connectivity index (χ1v) is 10.5. The van der Waals surface area contributed by atoms with Gasteiger partial charge < -0.3 is 19.1 Å². The summed E-state index contributed by atoms with van der Waals surface area (Å²) >= 11 is 5.96. The quantitative estimate of drug-likeness (QED) is 0.318. The van der Waals surface area contributed by atoms with Crippen molar-refractivity contribution in [2.24, 2.45) is 0 Å². The normalized spacial score (nSPS) is 17.5. The molecule has 2 heterocycles. The number of carbonyl (C=O) groups is 2. The van der Waals surface area contributed by atoms with E-state index in [1.165, 1.54) is 12.0 Å². The summed E-state index contributed by atoms with van der Waals surface area (Å²) in [5.41, 5.74) is 0.775. The van der Waals surface area contributed by atoms with Gasteiger partial charge in [-0.1, -0.05) is 22.8 Å². The Bertz CT molecular complexity index is 1250. The van der Waals surface area contributed by atoms with Crippen molar-refractivity contribution in [1.29, 1.82) is 0 Å². The van der Waals surface area contributed by atoms with Crippen LogP contribution in [0.5, 0.6) is 11.5 Å². The van der Waals surface area contributed by atoms with Crippen LogP contribution in [0.25, 0.3) is 5.76 Å². The Labute approximate surface area is 195 Å². The van der Waals surface area contributed by atoms with E-state index in [0.717, 1.165) is 0 Å². The average molecular weight is 469 g/mol. The summed E-state index contributed by atoms with van der Waals surface area (Å²) < 4.78 is 16.2. The van der Waals surface area contributed by atoms with Crippen molar-refractivity contribution < 1.29 is 28.7 Å². The number of amides is 1. The molecular formula is C24H21ClN2O6. The molecule has 1 atom stereocenters. The van der Waals surface area contributed by atoms with Crippen molar-refractivity contribution in [3.63, 3.8) is 0 Å². The lowest BCUT2D eigenvalue weighted by molar-refractivity contribution is -0.132. The summed E-state index contributed by atoms with van der Waals surface area (Å²) in [6, 6.07) is 11.9. The molecule has 1 amide bonds. The number of aryl methyl sites for hydroxylation is 1. The number of methoxy groups -OCH3 is 1. The van der Waals surface area contributed by atoms with Crippen LogP contribution in [0.2, 0.25) is 5.02 Å². The van der Waals surface area contributed by atoms with Gasteiger partial charge in [-0.2, -0.15) is 0 Å². The van der Waals surface area contributed by atoms with E-state index < -0.39 is 17.7 Å². The number of ether oxygens (including phenoxy) is 2. The summed E-state index contributed by atoms with van der Waals surface area (Å²) in [7, 11) is 1.49. The molecule has 0 saturated carbocycles. The minimum Gasteiger partial charge on any atom is -0.507 e. The number of Topliss-reactive ketones (excluding diaryl/α,β-unsaturated/α-hetero) is 1. The van der Waals surface area contributed by atoms with Crippen LogP contribution in [0.3, 0.4) is 0 Å². The van der Waals surface area contributed by atoms with Crippen LogP contribution in [-0.2, 0) is 9.59 Å². The number of hydrogen-bond acceptors (Lipinski definition) is 7. The summed E-state index contributed by atoms with van der Waals surface area (Å²) in [5, 5.41) is 15.5. The number of halogens is 1. The molecule has 33 heavy (non-hydrogen) atoms. The van der Waals surface area contributed by atoms with Crippen LogP contribution in [0.4, 0.5) is 5.82 Å². The van der Waals surface area contributed by atoms with Crippen molar-refractivity contribution in [2.45, 2.75) is 19.9 Å². The Balaban J connectivity index is 1.93. The fourth-order valence-electron chi connectivity index (χ4n) is 3.74. The molecule has 170 valence electrons. The van der Waals surface area contributed by atoms with Gasteiger partial charge in [-0.25, -0.2) is 0 Å². The van der Waals surface area contributed by atoms with Crippen molar-refractivity contribution >= 4 is 34.9 Å². The smallest absolute Gasteiger partial charge is 0.301 e. The summed E-state index contributed by atoms with van der Waals surface area (Å²) in [6.07, 6.45) is 0. The Hall–Kier alpha value is -3.78. The molecule has 2 aromatic carbocycles. The molecule has 9 heteroatoms. The number of ketones is 1. The maximum atomic E-state index is 13.1.